The van der Waals surface area contributed by atoms with Crippen molar-refractivity contribution < 1.29 is 4.79 Å². The van der Waals surface area contributed by atoms with Crippen molar-refractivity contribution in [2.24, 2.45) is 0 Å². The fourth-order valence-corrected chi connectivity index (χ4v) is 2.34. The molecule has 2 rings (SSSR count). The second kappa shape index (κ2) is 4.28. The summed E-state index contributed by atoms with van der Waals surface area (Å²) in [6, 6.07) is 0. The lowest BCUT2D eigenvalue weighted by Gasteiger charge is -2.22. The van der Waals surface area contributed by atoms with Crippen LogP contribution in [0, 0.1) is 0 Å². The highest BCUT2D eigenvalue weighted by Crippen LogP contribution is 2.18. The number of aromatic nitrogens is 1. The van der Waals surface area contributed by atoms with Gasteiger partial charge in [0.15, 0.2) is 0 Å². The first-order chi connectivity index (χ1) is 7.21. The first-order valence-electron chi connectivity index (χ1n) is 5.12. The molecule has 0 radical (unpaired) electrons. The van der Waals surface area contributed by atoms with Crippen LogP contribution in [0.5, 0.6) is 0 Å². The van der Waals surface area contributed by atoms with E-state index in [1.165, 1.54) is 0 Å². The van der Waals surface area contributed by atoms with Crippen molar-refractivity contribution in [3.05, 3.63) is 16.6 Å². The van der Waals surface area contributed by atoms with E-state index in [1.807, 2.05) is 12.3 Å². The van der Waals surface area contributed by atoms with Crippen LogP contribution in [0.2, 0.25) is 0 Å². The molecule has 2 N–H and O–H groups in total. The van der Waals surface area contributed by atoms with Gasteiger partial charge in [0.05, 0.1) is 12.1 Å². The zero-order chi connectivity index (χ0) is 10.7. The zero-order valence-electron chi connectivity index (χ0n) is 8.75. The summed E-state index contributed by atoms with van der Waals surface area (Å²) in [5, 5.41) is 9.01. The molecule has 4 nitrogen and oxygen atoms in total. The molecule has 0 saturated carbocycles. The molecule has 2 heterocycles. The van der Waals surface area contributed by atoms with E-state index in [0.29, 0.717) is 6.54 Å². The fraction of sp³-hybridized carbons (Fsp3) is 0.600. The molecule has 15 heavy (non-hydrogen) atoms. The smallest absolute Gasteiger partial charge is 0.240 e. The van der Waals surface area contributed by atoms with Crippen LogP contribution < -0.4 is 10.6 Å². The third-order valence-corrected chi connectivity index (χ3v) is 3.53. The Morgan fingerprint density at radius 2 is 2.67 bits per heavy atom. The Balaban J connectivity index is 1.87. The molecule has 0 spiro atoms. The summed E-state index contributed by atoms with van der Waals surface area (Å²) in [5.74, 6) is 0.0789. The number of rotatable bonds is 3. The summed E-state index contributed by atoms with van der Waals surface area (Å²) in [6.45, 7) is 3.42. The van der Waals surface area contributed by atoms with E-state index >= 15 is 0 Å². The molecule has 5 heteroatoms. The highest BCUT2D eigenvalue weighted by molar-refractivity contribution is 7.09. The topological polar surface area (TPSA) is 54.0 Å². The van der Waals surface area contributed by atoms with Crippen LogP contribution in [-0.4, -0.2) is 23.0 Å². The van der Waals surface area contributed by atoms with Gasteiger partial charge < -0.3 is 10.6 Å². The van der Waals surface area contributed by atoms with E-state index in [0.717, 1.165) is 24.4 Å². The van der Waals surface area contributed by atoms with E-state index in [-0.39, 0.29) is 11.4 Å². The van der Waals surface area contributed by atoms with Crippen LogP contribution in [0.25, 0.3) is 0 Å². The lowest BCUT2D eigenvalue weighted by Crippen LogP contribution is -2.50. The van der Waals surface area contributed by atoms with Crippen LogP contribution in [0.1, 0.15) is 24.8 Å². The SMILES string of the molecule is CC1(C(=O)NCc2nccs2)CCCN1. The molecule has 1 atom stereocenters. The van der Waals surface area contributed by atoms with Gasteiger partial charge in [-0.3, -0.25) is 4.79 Å². The van der Waals surface area contributed by atoms with Gasteiger partial charge in [-0.25, -0.2) is 4.98 Å². The summed E-state index contributed by atoms with van der Waals surface area (Å²) < 4.78 is 0. The molecular weight excluding hydrogens is 210 g/mol. The van der Waals surface area contributed by atoms with Crippen molar-refractivity contribution in [3.63, 3.8) is 0 Å². The predicted molar refractivity (Wildman–Crippen MR) is 59.6 cm³/mol. The maximum absolute atomic E-state index is 11.9. The average Bonchev–Trinajstić information content (AvgIpc) is 2.85. The Bertz CT molecular complexity index is 330. The number of nitrogens with one attached hydrogen (secondary N) is 2. The minimum Gasteiger partial charge on any atom is -0.348 e. The van der Waals surface area contributed by atoms with Gasteiger partial charge in [-0.05, 0) is 26.3 Å². The zero-order valence-corrected chi connectivity index (χ0v) is 9.56. The van der Waals surface area contributed by atoms with Gasteiger partial charge in [0.1, 0.15) is 5.01 Å². The largest absolute Gasteiger partial charge is 0.348 e. The fourth-order valence-electron chi connectivity index (χ4n) is 1.78. The van der Waals surface area contributed by atoms with Crippen molar-refractivity contribution in [2.45, 2.75) is 31.8 Å². The Morgan fingerprint density at radius 3 is 3.27 bits per heavy atom. The Labute approximate surface area is 93.1 Å². The van der Waals surface area contributed by atoms with Crippen LogP contribution in [0.15, 0.2) is 11.6 Å². The highest BCUT2D eigenvalue weighted by Gasteiger charge is 2.35. The number of amides is 1. The summed E-state index contributed by atoms with van der Waals surface area (Å²) >= 11 is 1.56. The monoisotopic (exact) mass is 225 g/mol. The number of thiazole rings is 1. The Morgan fingerprint density at radius 1 is 1.80 bits per heavy atom. The van der Waals surface area contributed by atoms with E-state index in [4.69, 9.17) is 0 Å². The van der Waals surface area contributed by atoms with Gasteiger partial charge in [0.2, 0.25) is 5.91 Å². The van der Waals surface area contributed by atoms with Crippen molar-refractivity contribution >= 4 is 17.2 Å². The van der Waals surface area contributed by atoms with E-state index in [2.05, 4.69) is 15.6 Å². The number of carbonyl (C=O) groups excluding carboxylic acids is 1. The maximum atomic E-state index is 11.9. The van der Waals surface area contributed by atoms with Crippen molar-refractivity contribution in [1.29, 1.82) is 0 Å². The normalized spacial score (nSPS) is 25.4. The number of hydrogen-bond acceptors (Lipinski definition) is 4. The minimum absolute atomic E-state index is 0.0789. The molecule has 82 valence electrons. The predicted octanol–water partition coefficient (Wildman–Crippen LogP) is 0.901. The molecular formula is C10H15N3OS. The van der Waals surface area contributed by atoms with Crippen molar-refractivity contribution in [2.75, 3.05) is 6.54 Å². The molecule has 1 aromatic rings. The first-order valence-corrected chi connectivity index (χ1v) is 6.00. The Hall–Kier alpha value is -0.940. The van der Waals surface area contributed by atoms with Crippen molar-refractivity contribution in [1.82, 2.24) is 15.6 Å². The molecule has 0 aromatic carbocycles. The van der Waals surface area contributed by atoms with Gasteiger partial charge in [-0.2, -0.15) is 0 Å². The summed E-state index contributed by atoms with van der Waals surface area (Å²) in [7, 11) is 0. The summed E-state index contributed by atoms with van der Waals surface area (Å²) in [5.41, 5.74) is -0.378. The molecule has 1 unspecified atom stereocenters. The average molecular weight is 225 g/mol. The molecule has 1 aromatic heterocycles. The molecule has 0 aliphatic carbocycles. The lowest BCUT2D eigenvalue weighted by atomic mass is 9.99. The summed E-state index contributed by atoms with van der Waals surface area (Å²) in [4.78, 5) is 16.0. The molecule has 1 saturated heterocycles. The van der Waals surface area contributed by atoms with Crippen LogP contribution in [0.3, 0.4) is 0 Å². The van der Waals surface area contributed by atoms with E-state index < -0.39 is 0 Å². The van der Waals surface area contributed by atoms with Gasteiger partial charge in [0, 0.05) is 11.6 Å². The second-order valence-corrected chi connectivity index (χ2v) is 4.95. The third kappa shape index (κ3) is 2.35. The highest BCUT2D eigenvalue weighted by atomic mass is 32.1. The van der Waals surface area contributed by atoms with Crippen LogP contribution in [-0.2, 0) is 11.3 Å². The molecule has 1 amide bonds. The molecule has 1 fully saturated rings. The summed E-state index contributed by atoms with van der Waals surface area (Å²) in [6.07, 6.45) is 3.74. The quantitative estimate of drug-likeness (QED) is 0.803. The van der Waals surface area contributed by atoms with Gasteiger partial charge in [-0.15, -0.1) is 11.3 Å². The van der Waals surface area contributed by atoms with E-state index in [1.54, 1.807) is 17.5 Å². The minimum atomic E-state index is -0.378. The molecule has 1 aliphatic heterocycles. The lowest BCUT2D eigenvalue weighted by molar-refractivity contribution is -0.126. The van der Waals surface area contributed by atoms with E-state index in [9.17, 15) is 4.79 Å². The van der Waals surface area contributed by atoms with Gasteiger partial charge >= 0.3 is 0 Å². The Kier molecular flexibility index (Phi) is 3.02. The molecule has 1 aliphatic rings. The van der Waals surface area contributed by atoms with Crippen LogP contribution in [0.4, 0.5) is 0 Å². The van der Waals surface area contributed by atoms with Gasteiger partial charge in [0.25, 0.3) is 0 Å². The third-order valence-electron chi connectivity index (χ3n) is 2.75. The maximum Gasteiger partial charge on any atom is 0.240 e. The number of nitrogens with zero attached hydrogens (tertiary/aromatic N) is 1. The number of carbonyl (C=O) groups is 1. The van der Waals surface area contributed by atoms with Crippen molar-refractivity contribution in [3.8, 4) is 0 Å². The second-order valence-electron chi connectivity index (χ2n) is 3.97. The molecule has 0 bridgehead atoms. The standard InChI is InChI=1S/C10H15N3OS/c1-10(3-2-4-13-10)9(14)12-7-8-11-5-6-15-8/h5-6,13H,2-4,7H2,1H3,(H,12,14). The number of hydrogen-bond donors (Lipinski definition) is 2. The first kappa shape index (κ1) is 10.6. The van der Waals surface area contributed by atoms with Gasteiger partial charge in [-0.1, -0.05) is 0 Å². The van der Waals surface area contributed by atoms with Crippen LogP contribution >= 0.6 is 11.3 Å².